The predicted octanol–water partition coefficient (Wildman–Crippen LogP) is 3.30. The molecule has 0 unspecified atom stereocenters. The van der Waals surface area contributed by atoms with Gasteiger partial charge in [-0.2, -0.15) is 5.26 Å². The fourth-order valence-corrected chi connectivity index (χ4v) is 2.01. The molecule has 0 aliphatic rings. The minimum absolute atomic E-state index is 0.139. The number of rotatable bonds is 5. The first-order chi connectivity index (χ1) is 9.60. The van der Waals surface area contributed by atoms with Crippen LogP contribution < -0.4 is 10.1 Å². The van der Waals surface area contributed by atoms with E-state index >= 15 is 0 Å². The van der Waals surface area contributed by atoms with Crippen LogP contribution in [-0.4, -0.2) is 10.7 Å². The SMILES string of the molecule is CC(C)Oc1ccccc1NCc1cc(C#N)n(C)c1. The second-order valence-corrected chi connectivity index (χ2v) is 4.97. The van der Waals surface area contributed by atoms with Crippen LogP contribution in [-0.2, 0) is 13.6 Å². The Morgan fingerprint density at radius 3 is 2.75 bits per heavy atom. The molecule has 4 heteroatoms. The molecule has 0 bridgehead atoms. The van der Waals surface area contributed by atoms with E-state index in [0.717, 1.165) is 17.0 Å². The summed E-state index contributed by atoms with van der Waals surface area (Å²) >= 11 is 0. The molecule has 0 amide bonds. The Hall–Kier alpha value is -2.41. The first-order valence-corrected chi connectivity index (χ1v) is 6.65. The van der Waals surface area contributed by atoms with Crippen molar-refractivity contribution in [2.45, 2.75) is 26.5 Å². The quantitative estimate of drug-likeness (QED) is 0.906. The second kappa shape index (κ2) is 6.16. The van der Waals surface area contributed by atoms with E-state index in [0.29, 0.717) is 12.2 Å². The Balaban J connectivity index is 2.08. The minimum Gasteiger partial charge on any atom is -0.489 e. The number of para-hydroxylation sites is 2. The van der Waals surface area contributed by atoms with Crippen molar-refractivity contribution >= 4 is 5.69 Å². The number of nitriles is 1. The van der Waals surface area contributed by atoms with Gasteiger partial charge in [0.1, 0.15) is 17.5 Å². The summed E-state index contributed by atoms with van der Waals surface area (Å²) in [6, 6.07) is 11.9. The zero-order chi connectivity index (χ0) is 14.5. The number of nitrogens with zero attached hydrogens (tertiary/aromatic N) is 2. The van der Waals surface area contributed by atoms with Gasteiger partial charge in [0.05, 0.1) is 11.8 Å². The molecule has 2 rings (SSSR count). The van der Waals surface area contributed by atoms with Gasteiger partial charge in [0.15, 0.2) is 0 Å². The molecule has 0 atom stereocenters. The number of aromatic nitrogens is 1. The van der Waals surface area contributed by atoms with Crippen LogP contribution in [0.4, 0.5) is 5.69 Å². The number of benzene rings is 1. The molecule has 0 aliphatic heterocycles. The Labute approximate surface area is 119 Å². The Morgan fingerprint density at radius 1 is 1.35 bits per heavy atom. The van der Waals surface area contributed by atoms with Gasteiger partial charge >= 0.3 is 0 Å². The second-order valence-electron chi connectivity index (χ2n) is 4.97. The molecule has 104 valence electrons. The van der Waals surface area contributed by atoms with Crippen molar-refractivity contribution in [3.8, 4) is 11.8 Å². The zero-order valence-electron chi connectivity index (χ0n) is 12.1. The van der Waals surface area contributed by atoms with Crippen LogP contribution in [0, 0.1) is 11.3 Å². The summed E-state index contributed by atoms with van der Waals surface area (Å²) in [5.41, 5.74) is 2.69. The first kappa shape index (κ1) is 14.0. The third kappa shape index (κ3) is 3.33. The molecule has 0 saturated heterocycles. The highest BCUT2D eigenvalue weighted by Gasteiger charge is 2.06. The van der Waals surface area contributed by atoms with Crippen molar-refractivity contribution in [1.29, 1.82) is 5.26 Å². The fraction of sp³-hybridized carbons (Fsp3) is 0.312. The van der Waals surface area contributed by atoms with Gasteiger partial charge in [0, 0.05) is 19.8 Å². The highest BCUT2D eigenvalue weighted by atomic mass is 16.5. The van der Waals surface area contributed by atoms with Crippen LogP contribution in [0.3, 0.4) is 0 Å². The standard InChI is InChI=1S/C16H19N3O/c1-12(2)20-16-7-5-4-6-15(16)18-10-13-8-14(9-17)19(3)11-13/h4-8,11-12,18H,10H2,1-3H3. The Bertz CT molecular complexity index is 623. The molecule has 1 aromatic carbocycles. The van der Waals surface area contributed by atoms with E-state index in [1.165, 1.54) is 0 Å². The van der Waals surface area contributed by atoms with E-state index in [9.17, 15) is 0 Å². The topological polar surface area (TPSA) is 50.0 Å². The number of ether oxygens (including phenoxy) is 1. The molecule has 0 fully saturated rings. The van der Waals surface area contributed by atoms with Crippen LogP contribution in [0.15, 0.2) is 36.5 Å². The van der Waals surface area contributed by atoms with Gasteiger partial charge in [0.2, 0.25) is 0 Å². The lowest BCUT2D eigenvalue weighted by Crippen LogP contribution is -2.08. The van der Waals surface area contributed by atoms with Gasteiger partial charge < -0.3 is 14.6 Å². The van der Waals surface area contributed by atoms with E-state index in [1.54, 1.807) is 0 Å². The molecule has 2 aromatic rings. The van der Waals surface area contributed by atoms with Crippen molar-refractivity contribution in [1.82, 2.24) is 4.57 Å². The number of nitrogens with one attached hydrogen (secondary N) is 1. The average molecular weight is 269 g/mol. The molecule has 4 nitrogen and oxygen atoms in total. The highest BCUT2D eigenvalue weighted by molar-refractivity contribution is 5.56. The van der Waals surface area contributed by atoms with E-state index in [4.69, 9.17) is 10.00 Å². The Morgan fingerprint density at radius 2 is 2.10 bits per heavy atom. The summed E-state index contributed by atoms with van der Waals surface area (Å²) in [6.07, 6.45) is 2.09. The number of anilines is 1. The lowest BCUT2D eigenvalue weighted by atomic mass is 10.2. The summed E-state index contributed by atoms with van der Waals surface area (Å²) in [6.45, 7) is 4.67. The first-order valence-electron chi connectivity index (χ1n) is 6.65. The number of hydrogen-bond acceptors (Lipinski definition) is 3. The van der Waals surface area contributed by atoms with Gasteiger partial charge in [0.25, 0.3) is 0 Å². The van der Waals surface area contributed by atoms with Gasteiger partial charge in [-0.3, -0.25) is 0 Å². The lowest BCUT2D eigenvalue weighted by molar-refractivity contribution is 0.243. The summed E-state index contributed by atoms with van der Waals surface area (Å²) in [5, 5.41) is 12.3. The maximum Gasteiger partial charge on any atom is 0.142 e. The molecule has 1 aromatic heterocycles. The van der Waals surface area contributed by atoms with Crippen molar-refractivity contribution in [3.05, 3.63) is 47.8 Å². The summed E-state index contributed by atoms with van der Waals surface area (Å²) < 4.78 is 7.59. The molecule has 20 heavy (non-hydrogen) atoms. The number of hydrogen-bond donors (Lipinski definition) is 1. The van der Waals surface area contributed by atoms with E-state index in [1.807, 2.05) is 62.0 Å². The van der Waals surface area contributed by atoms with Gasteiger partial charge in [-0.05, 0) is 37.6 Å². The molecule has 1 heterocycles. The third-order valence-electron chi connectivity index (χ3n) is 2.91. The summed E-state index contributed by atoms with van der Waals surface area (Å²) in [4.78, 5) is 0. The Kier molecular flexibility index (Phi) is 4.31. The number of aryl methyl sites for hydroxylation is 1. The van der Waals surface area contributed by atoms with Gasteiger partial charge in [-0.1, -0.05) is 12.1 Å². The van der Waals surface area contributed by atoms with Crippen molar-refractivity contribution < 1.29 is 4.74 Å². The largest absolute Gasteiger partial charge is 0.489 e. The minimum atomic E-state index is 0.139. The van der Waals surface area contributed by atoms with Gasteiger partial charge in [-0.15, -0.1) is 0 Å². The summed E-state index contributed by atoms with van der Waals surface area (Å²) in [7, 11) is 1.87. The smallest absolute Gasteiger partial charge is 0.142 e. The van der Waals surface area contributed by atoms with E-state index in [2.05, 4.69) is 11.4 Å². The third-order valence-corrected chi connectivity index (χ3v) is 2.91. The van der Waals surface area contributed by atoms with Crippen molar-refractivity contribution in [2.75, 3.05) is 5.32 Å². The zero-order valence-corrected chi connectivity index (χ0v) is 12.1. The maximum atomic E-state index is 8.95. The molecule has 0 spiro atoms. The van der Waals surface area contributed by atoms with Crippen LogP contribution in [0.25, 0.3) is 0 Å². The van der Waals surface area contributed by atoms with Gasteiger partial charge in [-0.25, -0.2) is 0 Å². The summed E-state index contributed by atoms with van der Waals surface area (Å²) in [5.74, 6) is 0.846. The van der Waals surface area contributed by atoms with E-state index in [-0.39, 0.29) is 6.10 Å². The predicted molar refractivity (Wildman–Crippen MR) is 79.7 cm³/mol. The van der Waals surface area contributed by atoms with Crippen LogP contribution >= 0.6 is 0 Å². The molecule has 0 saturated carbocycles. The fourth-order valence-electron chi connectivity index (χ4n) is 2.01. The van der Waals surface area contributed by atoms with Crippen LogP contribution in [0.1, 0.15) is 25.1 Å². The van der Waals surface area contributed by atoms with Crippen molar-refractivity contribution in [2.24, 2.45) is 7.05 Å². The monoisotopic (exact) mass is 269 g/mol. The normalized spacial score (nSPS) is 10.3. The molecular formula is C16H19N3O. The molecular weight excluding hydrogens is 250 g/mol. The molecule has 0 aliphatic carbocycles. The van der Waals surface area contributed by atoms with E-state index < -0.39 is 0 Å². The average Bonchev–Trinajstić information content (AvgIpc) is 2.77. The van der Waals surface area contributed by atoms with Crippen LogP contribution in [0.2, 0.25) is 0 Å². The molecule has 1 N–H and O–H groups in total. The highest BCUT2D eigenvalue weighted by Crippen LogP contribution is 2.25. The van der Waals surface area contributed by atoms with Crippen LogP contribution in [0.5, 0.6) is 5.75 Å². The van der Waals surface area contributed by atoms with Crippen molar-refractivity contribution in [3.63, 3.8) is 0 Å². The maximum absolute atomic E-state index is 8.95. The molecule has 0 radical (unpaired) electrons. The lowest BCUT2D eigenvalue weighted by Gasteiger charge is -2.15.